The van der Waals surface area contributed by atoms with Crippen LogP contribution >= 0.6 is 0 Å². The fraction of sp³-hybridized carbons (Fsp3) is 0.250. The summed E-state index contributed by atoms with van der Waals surface area (Å²) in [7, 11) is 0. The zero-order chi connectivity index (χ0) is 16.6. The van der Waals surface area contributed by atoms with Gasteiger partial charge in [0, 0.05) is 10.9 Å². The smallest absolute Gasteiger partial charge is 0.379 e. The van der Waals surface area contributed by atoms with Gasteiger partial charge in [0.2, 0.25) is 5.76 Å². The lowest BCUT2D eigenvalue weighted by Crippen LogP contribution is -2.16. The molecule has 3 nitrogen and oxygen atoms in total. The minimum atomic E-state index is -0.476. The molecule has 1 heterocycles. The van der Waals surface area contributed by atoms with E-state index >= 15 is 0 Å². The molecule has 118 valence electrons. The molecule has 0 atom stereocenters. The Morgan fingerprint density at radius 1 is 1.04 bits per heavy atom. The monoisotopic (exact) mass is 308 g/mol. The van der Waals surface area contributed by atoms with Gasteiger partial charge in [-0.15, -0.1) is 0 Å². The fourth-order valence-corrected chi connectivity index (χ4v) is 2.55. The van der Waals surface area contributed by atoms with Crippen LogP contribution in [0.2, 0.25) is 0 Å². The molecule has 0 bridgehead atoms. The van der Waals surface area contributed by atoms with E-state index in [2.05, 4.69) is 26.8 Å². The van der Waals surface area contributed by atoms with Crippen LogP contribution in [0.4, 0.5) is 0 Å². The first-order valence-electron chi connectivity index (χ1n) is 7.66. The van der Waals surface area contributed by atoms with Gasteiger partial charge in [-0.1, -0.05) is 56.7 Å². The summed E-state index contributed by atoms with van der Waals surface area (Å²) in [4.78, 5) is 12.4. The topological polar surface area (TPSA) is 39.4 Å². The molecular formula is C20H20O3. The van der Waals surface area contributed by atoms with Crippen molar-refractivity contribution in [1.29, 1.82) is 0 Å². The van der Waals surface area contributed by atoms with E-state index in [1.54, 1.807) is 6.07 Å². The maximum absolute atomic E-state index is 12.4. The zero-order valence-corrected chi connectivity index (χ0v) is 13.8. The van der Waals surface area contributed by atoms with E-state index in [9.17, 15) is 4.79 Å². The molecule has 1 aromatic heterocycles. The van der Waals surface area contributed by atoms with E-state index in [0.29, 0.717) is 11.3 Å². The van der Waals surface area contributed by atoms with E-state index in [0.717, 1.165) is 16.5 Å². The molecule has 0 radical (unpaired) electrons. The van der Waals surface area contributed by atoms with E-state index < -0.39 is 5.97 Å². The number of furan rings is 1. The van der Waals surface area contributed by atoms with Crippen LogP contribution in [0.15, 0.2) is 52.9 Å². The second-order valence-electron chi connectivity index (χ2n) is 6.79. The molecule has 2 aromatic carbocycles. The van der Waals surface area contributed by atoms with Crippen LogP contribution in [0, 0.1) is 6.92 Å². The summed E-state index contributed by atoms with van der Waals surface area (Å²) in [6.45, 7) is 8.32. The summed E-state index contributed by atoms with van der Waals surface area (Å²) in [6, 6.07) is 15.1. The van der Waals surface area contributed by atoms with Gasteiger partial charge >= 0.3 is 5.97 Å². The first kappa shape index (κ1) is 15.3. The maximum atomic E-state index is 12.4. The minimum Gasteiger partial charge on any atom is -0.449 e. The first-order valence-corrected chi connectivity index (χ1v) is 7.66. The second kappa shape index (κ2) is 5.58. The van der Waals surface area contributed by atoms with Gasteiger partial charge in [0.15, 0.2) is 0 Å². The molecule has 0 spiro atoms. The van der Waals surface area contributed by atoms with Crippen molar-refractivity contribution < 1.29 is 13.9 Å². The third-order valence-corrected chi connectivity index (χ3v) is 3.77. The highest BCUT2D eigenvalue weighted by molar-refractivity contribution is 5.93. The molecule has 0 aliphatic carbocycles. The van der Waals surface area contributed by atoms with E-state index in [1.165, 1.54) is 0 Å². The Kier molecular flexibility index (Phi) is 3.72. The van der Waals surface area contributed by atoms with Crippen molar-refractivity contribution in [3.05, 3.63) is 65.4 Å². The molecule has 0 aliphatic heterocycles. The number of carbonyl (C=O) groups excluding carboxylic acids is 1. The van der Waals surface area contributed by atoms with Crippen molar-refractivity contribution >= 4 is 16.9 Å². The third kappa shape index (κ3) is 3.14. The fourth-order valence-electron chi connectivity index (χ4n) is 2.55. The number of esters is 1. The summed E-state index contributed by atoms with van der Waals surface area (Å²) in [5.41, 5.74) is 2.70. The Bertz CT molecular complexity index is 833. The standard InChI is InChI=1S/C20H20O3/c1-13-9-10-17(15(11-13)20(2,3)4)23-19(21)18-12-14-7-5-6-8-16(14)22-18/h5-12H,1-4H3. The lowest BCUT2D eigenvalue weighted by atomic mass is 9.85. The third-order valence-electron chi connectivity index (χ3n) is 3.77. The number of ether oxygens (including phenoxy) is 1. The van der Waals surface area contributed by atoms with Gasteiger partial charge in [-0.05, 0) is 30.5 Å². The number of benzene rings is 2. The van der Waals surface area contributed by atoms with Crippen LogP contribution in [0.3, 0.4) is 0 Å². The van der Waals surface area contributed by atoms with Gasteiger partial charge in [-0.25, -0.2) is 4.79 Å². The van der Waals surface area contributed by atoms with Gasteiger partial charge in [-0.2, -0.15) is 0 Å². The van der Waals surface area contributed by atoms with Crippen molar-refractivity contribution in [2.75, 3.05) is 0 Å². The molecule has 3 heteroatoms. The Hall–Kier alpha value is -2.55. The predicted molar refractivity (Wildman–Crippen MR) is 91.1 cm³/mol. The highest BCUT2D eigenvalue weighted by Gasteiger charge is 2.22. The summed E-state index contributed by atoms with van der Waals surface area (Å²) >= 11 is 0. The van der Waals surface area contributed by atoms with Crippen LogP contribution in [-0.2, 0) is 5.41 Å². The zero-order valence-electron chi connectivity index (χ0n) is 13.8. The number of aryl methyl sites for hydroxylation is 1. The molecule has 0 unspecified atom stereocenters. The molecule has 0 N–H and O–H groups in total. The van der Waals surface area contributed by atoms with Gasteiger partial charge in [0.05, 0.1) is 0 Å². The summed E-state index contributed by atoms with van der Waals surface area (Å²) in [6.07, 6.45) is 0. The maximum Gasteiger partial charge on any atom is 0.379 e. The van der Waals surface area contributed by atoms with Crippen LogP contribution in [0.5, 0.6) is 5.75 Å². The first-order chi connectivity index (χ1) is 10.8. The average molecular weight is 308 g/mol. The van der Waals surface area contributed by atoms with Gasteiger partial charge in [-0.3, -0.25) is 0 Å². The van der Waals surface area contributed by atoms with Crippen molar-refractivity contribution in [1.82, 2.24) is 0 Å². The highest BCUT2D eigenvalue weighted by atomic mass is 16.5. The Labute approximate surface area is 135 Å². The predicted octanol–water partition coefficient (Wildman–Crippen LogP) is 5.26. The highest BCUT2D eigenvalue weighted by Crippen LogP contribution is 2.33. The second-order valence-corrected chi connectivity index (χ2v) is 6.79. The number of carbonyl (C=O) groups is 1. The van der Waals surface area contributed by atoms with Crippen LogP contribution in [0.1, 0.15) is 42.5 Å². The van der Waals surface area contributed by atoms with Crippen molar-refractivity contribution in [2.24, 2.45) is 0 Å². The van der Waals surface area contributed by atoms with Crippen molar-refractivity contribution in [2.45, 2.75) is 33.1 Å². The number of hydrogen-bond acceptors (Lipinski definition) is 3. The lowest BCUT2D eigenvalue weighted by molar-refractivity contribution is 0.0701. The van der Waals surface area contributed by atoms with Gasteiger partial charge in [0.1, 0.15) is 11.3 Å². The molecule has 0 amide bonds. The molecule has 3 aromatic rings. The molecule has 0 saturated heterocycles. The summed E-state index contributed by atoms with van der Waals surface area (Å²) in [5.74, 6) is 0.316. The Balaban J connectivity index is 1.94. The normalized spacial score (nSPS) is 11.7. The van der Waals surface area contributed by atoms with Crippen LogP contribution < -0.4 is 4.74 Å². The number of hydrogen-bond donors (Lipinski definition) is 0. The molecule has 0 aliphatic rings. The van der Waals surface area contributed by atoms with Gasteiger partial charge < -0.3 is 9.15 Å². The van der Waals surface area contributed by atoms with E-state index in [1.807, 2.05) is 43.3 Å². The molecule has 23 heavy (non-hydrogen) atoms. The van der Waals surface area contributed by atoms with Crippen LogP contribution in [-0.4, -0.2) is 5.97 Å². The minimum absolute atomic E-state index is 0.116. The summed E-state index contributed by atoms with van der Waals surface area (Å²) < 4.78 is 11.2. The molecule has 0 saturated carbocycles. The molecule has 0 fully saturated rings. The quantitative estimate of drug-likeness (QED) is 0.479. The van der Waals surface area contributed by atoms with Crippen molar-refractivity contribution in [3.63, 3.8) is 0 Å². The number of rotatable bonds is 2. The summed E-state index contributed by atoms with van der Waals surface area (Å²) in [5, 5.41) is 0.888. The SMILES string of the molecule is Cc1ccc(OC(=O)c2cc3ccccc3o2)c(C(C)(C)C)c1. The lowest BCUT2D eigenvalue weighted by Gasteiger charge is -2.22. The largest absolute Gasteiger partial charge is 0.449 e. The molecule has 3 rings (SSSR count). The Morgan fingerprint density at radius 2 is 1.78 bits per heavy atom. The Morgan fingerprint density at radius 3 is 2.48 bits per heavy atom. The van der Waals surface area contributed by atoms with E-state index in [-0.39, 0.29) is 11.2 Å². The van der Waals surface area contributed by atoms with Gasteiger partial charge in [0.25, 0.3) is 0 Å². The number of para-hydroxylation sites is 1. The average Bonchev–Trinajstić information content (AvgIpc) is 2.92. The molecular weight excluding hydrogens is 288 g/mol. The van der Waals surface area contributed by atoms with E-state index in [4.69, 9.17) is 9.15 Å². The van der Waals surface area contributed by atoms with Crippen LogP contribution in [0.25, 0.3) is 11.0 Å². The number of fused-ring (bicyclic) bond motifs is 1. The van der Waals surface area contributed by atoms with Crippen molar-refractivity contribution in [3.8, 4) is 5.75 Å².